The molecule has 0 atom stereocenters. The third kappa shape index (κ3) is 5.28. The molecular formula is C49H38N2. The molecule has 1 aliphatic rings. The molecule has 0 bridgehead atoms. The molecule has 0 radical (unpaired) electrons. The standard InChI is InChI=1S/C49H38N2/c1-49(2)44-27-14-15-28-46(44)51(47-34-37(30-32-45(47)49)35-17-6-3-7-18-35)48-42-26-13-12-19-36(42)29-31-43(48)38-20-16-25-41(33-38)50(39-21-8-4-9-22-39)40-23-10-5-11-24-40/h3-34H,1-2H3. The van der Waals surface area contributed by atoms with E-state index < -0.39 is 0 Å². The first-order valence-corrected chi connectivity index (χ1v) is 17.7. The monoisotopic (exact) mass is 654 g/mol. The average Bonchev–Trinajstić information content (AvgIpc) is 3.19. The van der Waals surface area contributed by atoms with Crippen LogP contribution < -0.4 is 9.80 Å². The van der Waals surface area contributed by atoms with Gasteiger partial charge in [-0.05, 0) is 81.7 Å². The van der Waals surface area contributed by atoms with E-state index in [1.807, 2.05) is 0 Å². The van der Waals surface area contributed by atoms with Crippen molar-refractivity contribution in [2.75, 3.05) is 9.80 Å². The van der Waals surface area contributed by atoms with Crippen LogP contribution in [0.2, 0.25) is 0 Å². The predicted octanol–water partition coefficient (Wildman–Crippen LogP) is 13.8. The lowest BCUT2D eigenvalue weighted by molar-refractivity contribution is 0.632. The van der Waals surface area contributed by atoms with E-state index in [0.717, 1.165) is 22.6 Å². The van der Waals surface area contributed by atoms with Crippen molar-refractivity contribution < 1.29 is 0 Å². The van der Waals surface area contributed by atoms with Crippen LogP contribution in [0.25, 0.3) is 33.0 Å². The Hall–Kier alpha value is -6.38. The van der Waals surface area contributed by atoms with Crippen LogP contribution >= 0.6 is 0 Å². The molecular weight excluding hydrogens is 617 g/mol. The molecule has 51 heavy (non-hydrogen) atoms. The quantitative estimate of drug-likeness (QED) is 0.176. The number of anilines is 6. The van der Waals surface area contributed by atoms with Crippen molar-refractivity contribution in [1.29, 1.82) is 0 Å². The van der Waals surface area contributed by atoms with E-state index in [2.05, 4.69) is 218 Å². The summed E-state index contributed by atoms with van der Waals surface area (Å²) in [7, 11) is 0. The van der Waals surface area contributed by atoms with Gasteiger partial charge in [0.25, 0.3) is 0 Å². The molecule has 0 fully saturated rings. The molecule has 0 aromatic heterocycles. The van der Waals surface area contributed by atoms with Crippen molar-refractivity contribution in [3.8, 4) is 22.3 Å². The second-order valence-corrected chi connectivity index (χ2v) is 13.8. The molecule has 0 saturated heterocycles. The van der Waals surface area contributed by atoms with Crippen LogP contribution in [0, 0.1) is 0 Å². The molecule has 9 rings (SSSR count). The van der Waals surface area contributed by atoms with Crippen LogP contribution in [-0.2, 0) is 5.41 Å². The number of nitrogens with zero attached hydrogens (tertiary/aromatic N) is 2. The van der Waals surface area contributed by atoms with E-state index in [0.29, 0.717) is 0 Å². The van der Waals surface area contributed by atoms with Gasteiger partial charge in [-0.25, -0.2) is 0 Å². The van der Waals surface area contributed by atoms with Crippen LogP contribution in [0.1, 0.15) is 25.0 Å². The maximum atomic E-state index is 2.54. The first-order chi connectivity index (χ1) is 25.1. The number of fused-ring (bicyclic) bond motifs is 3. The highest BCUT2D eigenvalue weighted by Crippen LogP contribution is 2.55. The van der Waals surface area contributed by atoms with Crippen molar-refractivity contribution >= 4 is 44.9 Å². The molecule has 8 aromatic rings. The Morgan fingerprint density at radius 1 is 0.412 bits per heavy atom. The summed E-state index contributed by atoms with van der Waals surface area (Å²) in [5.41, 5.74) is 14.2. The second-order valence-electron chi connectivity index (χ2n) is 13.8. The van der Waals surface area contributed by atoms with Gasteiger partial charge < -0.3 is 9.80 Å². The Labute approximate surface area is 300 Å². The van der Waals surface area contributed by atoms with Crippen LogP contribution in [0.4, 0.5) is 34.1 Å². The highest BCUT2D eigenvalue weighted by molar-refractivity contribution is 6.08. The highest BCUT2D eigenvalue weighted by Gasteiger charge is 2.38. The Balaban J connectivity index is 1.31. The Kier molecular flexibility index (Phi) is 7.51. The Morgan fingerprint density at radius 2 is 1.00 bits per heavy atom. The van der Waals surface area contributed by atoms with E-state index in [1.54, 1.807) is 0 Å². The van der Waals surface area contributed by atoms with Crippen molar-refractivity contribution in [2.45, 2.75) is 19.3 Å². The maximum Gasteiger partial charge on any atom is 0.0618 e. The molecule has 2 nitrogen and oxygen atoms in total. The van der Waals surface area contributed by atoms with Gasteiger partial charge in [0.2, 0.25) is 0 Å². The van der Waals surface area contributed by atoms with Gasteiger partial charge in [0.1, 0.15) is 0 Å². The fourth-order valence-corrected chi connectivity index (χ4v) is 7.91. The molecule has 8 aromatic carbocycles. The smallest absolute Gasteiger partial charge is 0.0618 e. The molecule has 0 unspecified atom stereocenters. The lowest BCUT2D eigenvalue weighted by Crippen LogP contribution is -2.31. The van der Waals surface area contributed by atoms with Gasteiger partial charge in [-0.2, -0.15) is 0 Å². The molecule has 2 heteroatoms. The Morgan fingerprint density at radius 3 is 1.75 bits per heavy atom. The van der Waals surface area contributed by atoms with Crippen molar-refractivity contribution in [3.63, 3.8) is 0 Å². The average molecular weight is 655 g/mol. The summed E-state index contributed by atoms with van der Waals surface area (Å²) in [5, 5.41) is 2.43. The number of benzene rings is 8. The second kappa shape index (κ2) is 12.5. The fraction of sp³-hybridized carbons (Fsp3) is 0.0612. The van der Waals surface area contributed by atoms with E-state index in [4.69, 9.17) is 0 Å². The molecule has 0 spiro atoms. The van der Waals surface area contributed by atoms with E-state index in [1.165, 1.54) is 55.7 Å². The largest absolute Gasteiger partial charge is 0.310 e. The molecule has 0 saturated carbocycles. The summed E-state index contributed by atoms with van der Waals surface area (Å²) in [6.45, 7) is 4.72. The number of para-hydroxylation sites is 3. The van der Waals surface area contributed by atoms with Gasteiger partial charge in [0.05, 0.1) is 17.1 Å². The zero-order valence-electron chi connectivity index (χ0n) is 28.9. The summed E-state index contributed by atoms with van der Waals surface area (Å²) in [6.07, 6.45) is 0. The topological polar surface area (TPSA) is 6.48 Å². The molecule has 1 aliphatic heterocycles. The SMILES string of the molecule is CC1(C)c2ccccc2N(c2c(-c3cccc(N(c4ccccc4)c4ccccc4)c3)ccc3ccccc23)c2cc(-c3ccccc3)ccc21. The molecule has 0 amide bonds. The zero-order chi connectivity index (χ0) is 34.4. The van der Waals surface area contributed by atoms with Crippen LogP contribution in [0.3, 0.4) is 0 Å². The van der Waals surface area contributed by atoms with Crippen LogP contribution in [0.5, 0.6) is 0 Å². The van der Waals surface area contributed by atoms with Gasteiger partial charge in [0.15, 0.2) is 0 Å². The number of hydrogen-bond donors (Lipinski definition) is 0. The van der Waals surface area contributed by atoms with Gasteiger partial charge in [0, 0.05) is 33.4 Å². The van der Waals surface area contributed by atoms with Crippen molar-refractivity contribution in [3.05, 3.63) is 205 Å². The first kappa shape index (κ1) is 30.7. The van der Waals surface area contributed by atoms with Crippen molar-refractivity contribution in [2.24, 2.45) is 0 Å². The third-order valence-corrected chi connectivity index (χ3v) is 10.4. The third-order valence-electron chi connectivity index (χ3n) is 10.4. The minimum atomic E-state index is -0.186. The summed E-state index contributed by atoms with van der Waals surface area (Å²) in [5.74, 6) is 0. The van der Waals surface area contributed by atoms with Gasteiger partial charge in [-0.3, -0.25) is 0 Å². The normalized spacial score (nSPS) is 13.0. The Bertz CT molecular complexity index is 2460. The van der Waals surface area contributed by atoms with E-state index >= 15 is 0 Å². The minimum absolute atomic E-state index is 0.186. The zero-order valence-corrected chi connectivity index (χ0v) is 28.9. The highest BCUT2D eigenvalue weighted by atomic mass is 15.2. The van der Waals surface area contributed by atoms with Gasteiger partial charge in [-0.1, -0.05) is 159 Å². The van der Waals surface area contributed by atoms with E-state index in [-0.39, 0.29) is 5.41 Å². The molecule has 244 valence electrons. The van der Waals surface area contributed by atoms with Crippen molar-refractivity contribution in [1.82, 2.24) is 0 Å². The minimum Gasteiger partial charge on any atom is -0.310 e. The summed E-state index contributed by atoms with van der Waals surface area (Å²) < 4.78 is 0. The molecule has 0 aliphatic carbocycles. The number of rotatable bonds is 6. The fourth-order valence-electron chi connectivity index (χ4n) is 7.91. The predicted molar refractivity (Wildman–Crippen MR) is 216 cm³/mol. The first-order valence-electron chi connectivity index (χ1n) is 17.7. The summed E-state index contributed by atoms with van der Waals surface area (Å²) in [6, 6.07) is 70.4. The number of hydrogen-bond acceptors (Lipinski definition) is 2. The molecule has 0 N–H and O–H groups in total. The lowest BCUT2D eigenvalue weighted by Gasteiger charge is -2.43. The summed E-state index contributed by atoms with van der Waals surface area (Å²) >= 11 is 0. The maximum absolute atomic E-state index is 2.54. The summed E-state index contributed by atoms with van der Waals surface area (Å²) in [4.78, 5) is 4.88. The van der Waals surface area contributed by atoms with E-state index in [9.17, 15) is 0 Å². The molecule has 1 heterocycles. The van der Waals surface area contributed by atoms with Gasteiger partial charge >= 0.3 is 0 Å². The van der Waals surface area contributed by atoms with Crippen LogP contribution in [-0.4, -0.2) is 0 Å². The van der Waals surface area contributed by atoms with Crippen LogP contribution in [0.15, 0.2) is 194 Å². The lowest BCUT2D eigenvalue weighted by atomic mass is 9.73. The van der Waals surface area contributed by atoms with Gasteiger partial charge in [-0.15, -0.1) is 0 Å².